The van der Waals surface area contributed by atoms with Gasteiger partial charge in [-0.2, -0.15) is 0 Å². The van der Waals surface area contributed by atoms with E-state index < -0.39 is 22.0 Å². The highest BCUT2D eigenvalue weighted by atomic mass is 32.2. The van der Waals surface area contributed by atoms with E-state index >= 15 is 0 Å². The minimum atomic E-state index is -3.05. The molecule has 196 valence electrons. The zero-order valence-electron chi connectivity index (χ0n) is 21.6. The number of sulfone groups is 1. The molecule has 1 atom stereocenters. The molecule has 0 aliphatic rings. The predicted octanol–water partition coefficient (Wildman–Crippen LogP) is 6.22. The summed E-state index contributed by atoms with van der Waals surface area (Å²) in [5, 5.41) is 2.66. The summed E-state index contributed by atoms with van der Waals surface area (Å²) in [6, 6.07) is 5.54. The van der Waals surface area contributed by atoms with Crippen molar-refractivity contribution in [1.29, 1.82) is 0 Å². The predicted molar refractivity (Wildman–Crippen MR) is 138 cm³/mol. The summed E-state index contributed by atoms with van der Waals surface area (Å²) in [5.41, 5.74) is 0.847. The maximum atomic E-state index is 12.4. The average Bonchev–Trinajstić information content (AvgIpc) is 2.81. The number of unbranched alkanes of at least 4 members (excludes halogenated alkanes) is 9. The maximum absolute atomic E-state index is 12.4. The average molecular weight is 500 g/mol. The van der Waals surface area contributed by atoms with Crippen molar-refractivity contribution in [3.63, 3.8) is 0 Å². The highest BCUT2D eigenvalue weighted by Gasteiger charge is 2.19. The number of carbonyl (C=O) groups excluding carboxylic acids is 1. The normalized spacial score (nSPS) is 12.2. The summed E-state index contributed by atoms with van der Waals surface area (Å²) in [6.45, 7) is 2.49. The molecule has 1 aromatic rings. The van der Waals surface area contributed by atoms with Gasteiger partial charge in [0.05, 0.1) is 20.0 Å². The van der Waals surface area contributed by atoms with Gasteiger partial charge in [-0.1, -0.05) is 70.8 Å². The number of amides is 1. The third kappa shape index (κ3) is 13.7. The smallest absolute Gasteiger partial charge is 0.407 e. The summed E-state index contributed by atoms with van der Waals surface area (Å²) in [6.07, 6.45) is 13.7. The van der Waals surface area contributed by atoms with Crippen LogP contribution in [0, 0.1) is 0 Å². The van der Waals surface area contributed by atoms with E-state index in [1.165, 1.54) is 57.6 Å². The van der Waals surface area contributed by atoms with Gasteiger partial charge in [-0.25, -0.2) is 13.2 Å². The number of hydrogen-bond acceptors (Lipinski definition) is 6. The summed E-state index contributed by atoms with van der Waals surface area (Å²) >= 11 is 0. The number of alkyl carbamates (subject to hydrolysis) is 1. The molecule has 0 heterocycles. The molecular weight excluding hydrogens is 454 g/mol. The molecule has 7 nitrogen and oxygen atoms in total. The number of benzene rings is 1. The Bertz CT molecular complexity index is 796. The largest absolute Gasteiger partial charge is 0.493 e. The third-order valence-corrected chi connectivity index (χ3v) is 6.84. The van der Waals surface area contributed by atoms with E-state index in [2.05, 4.69) is 12.2 Å². The van der Waals surface area contributed by atoms with Crippen molar-refractivity contribution in [2.75, 3.05) is 32.8 Å². The quantitative estimate of drug-likeness (QED) is 0.227. The molecule has 0 radical (unpaired) electrons. The van der Waals surface area contributed by atoms with Crippen molar-refractivity contribution < 1.29 is 27.4 Å². The van der Waals surface area contributed by atoms with Crippen LogP contribution < -0.4 is 14.8 Å². The van der Waals surface area contributed by atoms with Crippen LogP contribution in [0.25, 0.3) is 0 Å². The van der Waals surface area contributed by atoms with Gasteiger partial charge >= 0.3 is 6.09 Å². The third-order valence-electron chi connectivity index (χ3n) is 5.81. The SMILES string of the molecule is CCCCCCCCCCCCC(OC(=O)NCCCS(C)(=O)=O)c1ccc(OC)c(OC)c1. The minimum absolute atomic E-state index is 0.0327. The van der Waals surface area contributed by atoms with E-state index in [9.17, 15) is 13.2 Å². The van der Waals surface area contributed by atoms with Crippen molar-refractivity contribution in [1.82, 2.24) is 5.32 Å². The zero-order valence-corrected chi connectivity index (χ0v) is 22.4. The summed E-state index contributed by atoms with van der Waals surface area (Å²) < 4.78 is 39.0. The molecule has 1 N–H and O–H groups in total. The van der Waals surface area contributed by atoms with Crippen LogP contribution in [-0.4, -0.2) is 47.3 Å². The van der Waals surface area contributed by atoms with Crippen LogP contribution in [0.5, 0.6) is 11.5 Å². The fraction of sp³-hybridized carbons (Fsp3) is 0.731. The Balaban J connectivity index is 2.57. The first-order valence-electron chi connectivity index (χ1n) is 12.6. The van der Waals surface area contributed by atoms with Gasteiger partial charge in [0, 0.05) is 12.8 Å². The van der Waals surface area contributed by atoms with Gasteiger partial charge in [0.1, 0.15) is 15.9 Å². The Hall–Kier alpha value is -1.96. The lowest BCUT2D eigenvalue weighted by Gasteiger charge is -2.20. The first-order chi connectivity index (χ1) is 16.3. The molecule has 1 aromatic carbocycles. The topological polar surface area (TPSA) is 90.9 Å². The molecule has 1 amide bonds. The van der Waals surface area contributed by atoms with E-state index in [1.54, 1.807) is 14.2 Å². The van der Waals surface area contributed by atoms with Crippen molar-refractivity contribution in [3.05, 3.63) is 23.8 Å². The summed E-state index contributed by atoms with van der Waals surface area (Å²) in [7, 11) is 0.112. The summed E-state index contributed by atoms with van der Waals surface area (Å²) in [5.74, 6) is 1.24. The fourth-order valence-electron chi connectivity index (χ4n) is 3.86. The molecular formula is C26H45NO6S. The second kappa shape index (κ2) is 17.5. The Morgan fingerprint density at radius 1 is 0.882 bits per heavy atom. The van der Waals surface area contributed by atoms with Crippen molar-refractivity contribution in [2.45, 2.75) is 90.1 Å². The van der Waals surface area contributed by atoms with Gasteiger partial charge in [-0.05, 0) is 37.0 Å². The van der Waals surface area contributed by atoms with Crippen LogP contribution in [-0.2, 0) is 14.6 Å². The molecule has 0 aliphatic heterocycles. The fourth-order valence-corrected chi connectivity index (χ4v) is 4.53. The van der Waals surface area contributed by atoms with E-state index in [1.807, 2.05) is 18.2 Å². The lowest BCUT2D eigenvalue weighted by molar-refractivity contribution is 0.0906. The van der Waals surface area contributed by atoms with Gasteiger partial charge in [0.15, 0.2) is 11.5 Å². The zero-order chi connectivity index (χ0) is 25.2. The number of ether oxygens (including phenoxy) is 3. The van der Waals surface area contributed by atoms with Gasteiger partial charge in [0.25, 0.3) is 0 Å². The lowest BCUT2D eigenvalue weighted by Crippen LogP contribution is -2.28. The molecule has 8 heteroatoms. The first kappa shape index (κ1) is 30.1. The van der Waals surface area contributed by atoms with Crippen molar-refractivity contribution in [2.24, 2.45) is 0 Å². The molecule has 0 aliphatic carbocycles. The number of nitrogens with one attached hydrogen (secondary N) is 1. The van der Waals surface area contributed by atoms with Gasteiger partial charge in [-0.3, -0.25) is 0 Å². The molecule has 0 spiro atoms. The Labute approximate surface area is 206 Å². The Kier molecular flexibility index (Phi) is 15.5. The van der Waals surface area contributed by atoms with Crippen LogP contribution in [0.1, 0.15) is 95.6 Å². The monoisotopic (exact) mass is 499 g/mol. The van der Waals surface area contributed by atoms with E-state index in [-0.39, 0.29) is 12.3 Å². The van der Waals surface area contributed by atoms with Crippen LogP contribution in [0.2, 0.25) is 0 Å². The number of hydrogen-bond donors (Lipinski definition) is 1. The van der Waals surface area contributed by atoms with Crippen LogP contribution in [0.3, 0.4) is 0 Å². The molecule has 34 heavy (non-hydrogen) atoms. The van der Waals surface area contributed by atoms with E-state index in [4.69, 9.17) is 14.2 Å². The van der Waals surface area contributed by atoms with Crippen LogP contribution in [0.15, 0.2) is 18.2 Å². The highest BCUT2D eigenvalue weighted by Crippen LogP contribution is 2.33. The first-order valence-corrected chi connectivity index (χ1v) is 14.7. The molecule has 0 bridgehead atoms. The minimum Gasteiger partial charge on any atom is -0.493 e. The second-order valence-corrected chi connectivity index (χ2v) is 11.1. The molecule has 1 rings (SSSR count). The maximum Gasteiger partial charge on any atom is 0.407 e. The Morgan fingerprint density at radius 3 is 2.03 bits per heavy atom. The van der Waals surface area contributed by atoms with E-state index in [0.717, 1.165) is 18.4 Å². The highest BCUT2D eigenvalue weighted by molar-refractivity contribution is 7.90. The van der Waals surface area contributed by atoms with Gasteiger partial charge < -0.3 is 19.5 Å². The molecule has 0 saturated carbocycles. The second-order valence-electron chi connectivity index (χ2n) is 8.89. The molecule has 0 saturated heterocycles. The number of carbonyl (C=O) groups is 1. The van der Waals surface area contributed by atoms with Crippen LogP contribution in [0.4, 0.5) is 4.79 Å². The standard InChI is InChI=1S/C26H45NO6S/c1-5-6-7-8-9-10-11-12-13-14-16-23(22-17-18-24(31-2)25(21-22)32-3)33-26(28)27-19-15-20-34(4,29)30/h17-18,21,23H,5-16,19-20H2,1-4H3,(H,27,28). The molecule has 1 unspecified atom stereocenters. The van der Waals surface area contributed by atoms with Crippen molar-refractivity contribution in [3.8, 4) is 11.5 Å². The number of methoxy groups -OCH3 is 2. The molecule has 0 fully saturated rings. The molecule has 0 aromatic heterocycles. The number of rotatable bonds is 19. The van der Waals surface area contributed by atoms with E-state index in [0.29, 0.717) is 24.3 Å². The van der Waals surface area contributed by atoms with Crippen LogP contribution >= 0.6 is 0 Å². The lowest BCUT2D eigenvalue weighted by atomic mass is 10.0. The summed E-state index contributed by atoms with van der Waals surface area (Å²) in [4.78, 5) is 12.4. The van der Waals surface area contributed by atoms with Gasteiger partial charge in [-0.15, -0.1) is 0 Å². The Morgan fingerprint density at radius 2 is 1.47 bits per heavy atom. The van der Waals surface area contributed by atoms with Gasteiger partial charge in [0.2, 0.25) is 0 Å². The van der Waals surface area contributed by atoms with Crippen molar-refractivity contribution >= 4 is 15.9 Å².